The van der Waals surface area contributed by atoms with Crippen molar-refractivity contribution in [1.29, 1.82) is 0 Å². The number of imidazole rings is 1. The summed E-state index contributed by atoms with van der Waals surface area (Å²) in [7, 11) is -3.58. The molecule has 0 saturated carbocycles. The van der Waals surface area contributed by atoms with Crippen LogP contribution in [0, 0.1) is 6.92 Å². The fourth-order valence-corrected chi connectivity index (χ4v) is 6.23. The largest absolute Gasteiger partial charge is 0.379 e. The van der Waals surface area contributed by atoms with E-state index in [1.807, 2.05) is 44.2 Å². The maximum Gasteiger partial charge on any atom is 0.243 e. The normalized spacial score (nSPS) is 15.2. The Morgan fingerprint density at radius 3 is 2.59 bits per heavy atom. The fraction of sp³-hybridized carbons (Fsp3) is 0.364. The molecule has 2 aromatic heterocycles. The number of ether oxygens (including phenoxy) is 1. The van der Waals surface area contributed by atoms with Crippen LogP contribution in [0.3, 0.4) is 0 Å². The van der Waals surface area contributed by atoms with Crippen LogP contribution < -0.4 is 0 Å². The summed E-state index contributed by atoms with van der Waals surface area (Å²) in [5.74, 6) is 1.38. The van der Waals surface area contributed by atoms with Gasteiger partial charge < -0.3 is 9.30 Å². The van der Waals surface area contributed by atoms with Crippen LogP contribution in [-0.2, 0) is 27.1 Å². The van der Waals surface area contributed by atoms with E-state index in [4.69, 9.17) is 9.72 Å². The van der Waals surface area contributed by atoms with Gasteiger partial charge in [-0.05, 0) is 54.6 Å². The number of tetrazole rings is 1. The Labute approximate surface area is 202 Å². The Kier molecular flexibility index (Phi) is 6.38. The van der Waals surface area contributed by atoms with Gasteiger partial charge in [0.2, 0.25) is 15.2 Å². The first-order chi connectivity index (χ1) is 16.5. The molecule has 0 unspecified atom stereocenters. The molecule has 4 aromatic rings. The number of hydrogen-bond acceptors (Lipinski definition) is 8. The molecule has 0 amide bonds. The predicted octanol–water partition coefficient (Wildman–Crippen LogP) is 2.65. The topological polar surface area (TPSA) is 108 Å². The SMILES string of the molecule is CCn1c(CSc2nnnn2-c2ccc(C)cc2)nc2cc(S(=O)(=O)N3CCOCC3)ccc21. The lowest BCUT2D eigenvalue weighted by molar-refractivity contribution is 0.0730. The number of aryl methyl sites for hydroxylation is 2. The molecule has 1 saturated heterocycles. The van der Waals surface area contributed by atoms with E-state index in [1.54, 1.807) is 16.8 Å². The van der Waals surface area contributed by atoms with Crippen LogP contribution in [0.5, 0.6) is 0 Å². The van der Waals surface area contributed by atoms with Crippen molar-refractivity contribution in [3.8, 4) is 5.69 Å². The zero-order chi connectivity index (χ0) is 23.7. The average Bonchev–Trinajstić information content (AvgIpc) is 3.47. The second kappa shape index (κ2) is 9.45. The lowest BCUT2D eigenvalue weighted by Gasteiger charge is -2.26. The molecule has 2 aromatic carbocycles. The predicted molar refractivity (Wildman–Crippen MR) is 128 cm³/mol. The lowest BCUT2D eigenvalue weighted by Crippen LogP contribution is -2.40. The molecule has 12 heteroatoms. The standard InChI is InChI=1S/C22H25N7O3S2/c1-3-28-20-9-8-18(34(30,31)27-10-12-32-13-11-27)14-19(20)23-21(28)15-33-22-24-25-26-29(22)17-6-4-16(2)5-7-17/h4-9,14H,3,10-13,15H2,1-2H3. The quantitative estimate of drug-likeness (QED) is 0.357. The number of aromatic nitrogens is 6. The van der Waals surface area contributed by atoms with Crippen LogP contribution in [0.2, 0.25) is 0 Å². The van der Waals surface area contributed by atoms with E-state index in [0.29, 0.717) is 49.3 Å². The second-order valence-electron chi connectivity index (χ2n) is 7.94. The van der Waals surface area contributed by atoms with Crippen molar-refractivity contribution in [3.63, 3.8) is 0 Å². The molecule has 34 heavy (non-hydrogen) atoms. The van der Waals surface area contributed by atoms with Crippen molar-refractivity contribution < 1.29 is 13.2 Å². The van der Waals surface area contributed by atoms with E-state index in [1.165, 1.54) is 16.1 Å². The van der Waals surface area contributed by atoms with Crippen molar-refractivity contribution in [2.75, 3.05) is 26.3 Å². The van der Waals surface area contributed by atoms with Crippen LogP contribution in [0.15, 0.2) is 52.5 Å². The number of benzene rings is 2. The van der Waals surface area contributed by atoms with Crippen molar-refractivity contribution in [3.05, 3.63) is 53.9 Å². The Morgan fingerprint density at radius 1 is 1.09 bits per heavy atom. The highest BCUT2D eigenvalue weighted by molar-refractivity contribution is 7.98. The molecule has 0 aliphatic carbocycles. The smallest absolute Gasteiger partial charge is 0.243 e. The molecule has 0 spiro atoms. The van der Waals surface area contributed by atoms with Gasteiger partial charge in [0.1, 0.15) is 5.82 Å². The van der Waals surface area contributed by atoms with Gasteiger partial charge >= 0.3 is 0 Å². The van der Waals surface area contributed by atoms with Gasteiger partial charge in [0.25, 0.3) is 0 Å². The summed E-state index contributed by atoms with van der Waals surface area (Å²) < 4.78 is 36.7. The molecule has 3 heterocycles. The summed E-state index contributed by atoms with van der Waals surface area (Å²) in [5.41, 5.74) is 3.61. The molecule has 5 rings (SSSR count). The van der Waals surface area contributed by atoms with Crippen LogP contribution in [0.4, 0.5) is 0 Å². The molecule has 178 valence electrons. The minimum Gasteiger partial charge on any atom is -0.379 e. The van der Waals surface area contributed by atoms with Crippen LogP contribution in [0.1, 0.15) is 18.3 Å². The fourth-order valence-electron chi connectivity index (χ4n) is 3.97. The summed E-state index contributed by atoms with van der Waals surface area (Å²) >= 11 is 1.49. The van der Waals surface area contributed by atoms with Crippen LogP contribution in [-0.4, -0.2) is 68.8 Å². The Balaban J connectivity index is 1.41. The van der Waals surface area contributed by atoms with E-state index >= 15 is 0 Å². The third-order valence-electron chi connectivity index (χ3n) is 5.77. The van der Waals surface area contributed by atoms with Crippen LogP contribution in [0.25, 0.3) is 16.7 Å². The third-order valence-corrected chi connectivity index (χ3v) is 8.58. The van der Waals surface area contributed by atoms with E-state index in [-0.39, 0.29) is 4.90 Å². The van der Waals surface area contributed by atoms with Gasteiger partial charge in [0, 0.05) is 19.6 Å². The number of hydrogen-bond donors (Lipinski definition) is 0. The Hall–Kier alpha value is -2.80. The van der Waals surface area contributed by atoms with Crippen molar-refractivity contribution in [1.82, 2.24) is 34.1 Å². The van der Waals surface area contributed by atoms with Gasteiger partial charge in [-0.15, -0.1) is 5.10 Å². The summed E-state index contributed by atoms with van der Waals surface area (Å²) in [6.45, 7) is 6.34. The van der Waals surface area contributed by atoms with E-state index in [0.717, 1.165) is 22.6 Å². The molecule has 0 N–H and O–H groups in total. The molecule has 10 nitrogen and oxygen atoms in total. The van der Waals surface area contributed by atoms with Crippen molar-refractivity contribution in [2.24, 2.45) is 0 Å². The van der Waals surface area contributed by atoms with Gasteiger partial charge in [0.15, 0.2) is 0 Å². The monoisotopic (exact) mass is 499 g/mol. The van der Waals surface area contributed by atoms with Gasteiger partial charge in [-0.3, -0.25) is 0 Å². The number of sulfonamides is 1. The summed E-state index contributed by atoms with van der Waals surface area (Å²) in [5, 5.41) is 12.8. The molecular formula is C22H25N7O3S2. The lowest BCUT2D eigenvalue weighted by atomic mass is 10.2. The number of morpholine rings is 1. The molecular weight excluding hydrogens is 474 g/mol. The third kappa shape index (κ3) is 4.33. The average molecular weight is 500 g/mol. The first kappa shape index (κ1) is 23.0. The summed E-state index contributed by atoms with van der Waals surface area (Å²) in [6, 6.07) is 13.2. The summed E-state index contributed by atoms with van der Waals surface area (Å²) in [6.07, 6.45) is 0. The minimum atomic E-state index is -3.58. The van der Waals surface area contributed by atoms with Crippen molar-refractivity contribution in [2.45, 2.75) is 36.2 Å². The van der Waals surface area contributed by atoms with Gasteiger partial charge in [-0.1, -0.05) is 29.5 Å². The number of fused-ring (bicyclic) bond motifs is 1. The van der Waals surface area contributed by atoms with E-state index in [2.05, 4.69) is 20.1 Å². The zero-order valence-electron chi connectivity index (χ0n) is 19.0. The maximum atomic E-state index is 13.1. The molecule has 1 fully saturated rings. The number of thioether (sulfide) groups is 1. The van der Waals surface area contributed by atoms with Crippen LogP contribution >= 0.6 is 11.8 Å². The highest BCUT2D eigenvalue weighted by atomic mass is 32.2. The number of rotatable bonds is 7. The molecule has 1 aliphatic heterocycles. The second-order valence-corrected chi connectivity index (χ2v) is 10.8. The van der Waals surface area contributed by atoms with E-state index < -0.39 is 10.0 Å². The number of nitrogens with zero attached hydrogens (tertiary/aromatic N) is 7. The molecule has 0 atom stereocenters. The maximum absolute atomic E-state index is 13.1. The first-order valence-electron chi connectivity index (χ1n) is 11.0. The first-order valence-corrected chi connectivity index (χ1v) is 13.4. The van der Waals surface area contributed by atoms with Gasteiger partial charge in [0.05, 0.1) is 40.6 Å². The highest BCUT2D eigenvalue weighted by Crippen LogP contribution is 2.27. The minimum absolute atomic E-state index is 0.255. The Bertz CT molecular complexity index is 1410. The van der Waals surface area contributed by atoms with E-state index in [9.17, 15) is 8.42 Å². The highest BCUT2D eigenvalue weighted by Gasteiger charge is 2.27. The summed E-state index contributed by atoms with van der Waals surface area (Å²) in [4.78, 5) is 5.03. The molecule has 1 aliphatic rings. The van der Waals surface area contributed by atoms with Gasteiger partial charge in [-0.2, -0.15) is 8.99 Å². The molecule has 0 radical (unpaired) electrons. The molecule has 0 bridgehead atoms. The van der Waals surface area contributed by atoms with Gasteiger partial charge in [-0.25, -0.2) is 13.4 Å². The Morgan fingerprint density at radius 2 is 1.85 bits per heavy atom. The van der Waals surface area contributed by atoms with Crippen molar-refractivity contribution >= 4 is 32.8 Å². The zero-order valence-corrected chi connectivity index (χ0v) is 20.6.